The third-order valence-electron chi connectivity index (χ3n) is 3.44. The van der Waals surface area contributed by atoms with Crippen LogP contribution < -0.4 is 15.4 Å². The molecule has 0 aliphatic carbocycles. The van der Waals surface area contributed by atoms with Crippen LogP contribution in [-0.2, 0) is 11.0 Å². The summed E-state index contributed by atoms with van der Waals surface area (Å²) in [5.74, 6) is -0.0108. The van der Waals surface area contributed by atoms with E-state index < -0.39 is 23.7 Å². The second-order valence-electron chi connectivity index (χ2n) is 5.33. The van der Waals surface area contributed by atoms with Gasteiger partial charge in [0.05, 0.1) is 23.5 Å². The second-order valence-corrected chi connectivity index (χ2v) is 5.33. The van der Waals surface area contributed by atoms with E-state index in [0.717, 1.165) is 6.07 Å². The van der Waals surface area contributed by atoms with Gasteiger partial charge in [0.15, 0.2) is 0 Å². The SMILES string of the molecule is CCOc1ccccc1NC(C)C(=O)Nc1ccccc1C(F)(F)F. The minimum atomic E-state index is -4.54. The summed E-state index contributed by atoms with van der Waals surface area (Å²) in [6.07, 6.45) is -4.54. The van der Waals surface area contributed by atoms with Crippen molar-refractivity contribution in [2.24, 2.45) is 0 Å². The van der Waals surface area contributed by atoms with E-state index in [4.69, 9.17) is 4.74 Å². The van der Waals surface area contributed by atoms with Crippen LogP contribution in [0.2, 0.25) is 0 Å². The highest BCUT2D eigenvalue weighted by Crippen LogP contribution is 2.34. The molecule has 0 aromatic heterocycles. The van der Waals surface area contributed by atoms with E-state index in [1.54, 1.807) is 31.2 Å². The molecule has 0 radical (unpaired) electrons. The van der Waals surface area contributed by atoms with Crippen LogP contribution in [0.4, 0.5) is 24.5 Å². The normalized spacial score (nSPS) is 12.4. The van der Waals surface area contributed by atoms with E-state index in [1.165, 1.54) is 18.2 Å². The van der Waals surface area contributed by atoms with Crippen LogP contribution in [0.25, 0.3) is 0 Å². The number of amides is 1. The van der Waals surface area contributed by atoms with Gasteiger partial charge in [0.2, 0.25) is 5.91 Å². The number of halogens is 3. The first kappa shape index (κ1) is 18.6. The molecule has 0 aliphatic rings. The van der Waals surface area contributed by atoms with Crippen molar-refractivity contribution >= 4 is 17.3 Å². The molecule has 0 spiro atoms. The number of benzene rings is 2. The van der Waals surface area contributed by atoms with Crippen molar-refractivity contribution in [3.8, 4) is 5.75 Å². The fraction of sp³-hybridized carbons (Fsp3) is 0.278. The molecule has 2 N–H and O–H groups in total. The van der Waals surface area contributed by atoms with Crippen LogP contribution in [0.1, 0.15) is 19.4 Å². The van der Waals surface area contributed by atoms with E-state index in [9.17, 15) is 18.0 Å². The quantitative estimate of drug-likeness (QED) is 0.802. The van der Waals surface area contributed by atoms with Crippen molar-refractivity contribution in [1.29, 1.82) is 0 Å². The predicted octanol–water partition coefficient (Wildman–Crippen LogP) is 4.54. The molecule has 0 aliphatic heterocycles. The smallest absolute Gasteiger partial charge is 0.418 e. The average Bonchev–Trinajstić information content (AvgIpc) is 2.56. The number of carbonyl (C=O) groups is 1. The number of ether oxygens (including phenoxy) is 1. The van der Waals surface area contributed by atoms with Gasteiger partial charge in [0.25, 0.3) is 0 Å². The Balaban J connectivity index is 2.12. The maximum atomic E-state index is 13.0. The molecule has 1 amide bonds. The molecule has 0 saturated heterocycles. The average molecular weight is 352 g/mol. The Morgan fingerprint density at radius 2 is 1.68 bits per heavy atom. The molecule has 2 aromatic carbocycles. The number of nitrogens with one attached hydrogen (secondary N) is 2. The lowest BCUT2D eigenvalue weighted by Crippen LogP contribution is -2.32. The molecule has 134 valence electrons. The lowest BCUT2D eigenvalue weighted by atomic mass is 10.1. The molecule has 1 atom stereocenters. The molecule has 2 rings (SSSR count). The molecule has 0 saturated carbocycles. The van der Waals surface area contributed by atoms with Gasteiger partial charge in [-0.1, -0.05) is 24.3 Å². The van der Waals surface area contributed by atoms with Gasteiger partial charge < -0.3 is 15.4 Å². The zero-order chi connectivity index (χ0) is 18.4. The number of hydrogen-bond acceptors (Lipinski definition) is 3. The lowest BCUT2D eigenvalue weighted by molar-refractivity contribution is -0.137. The molecular formula is C18H19F3N2O2. The van der Waals surface area contributed by atoms with Gasteiger partial charge in [0.1, 0.15) is 11.8 Å². The third kappa shape index (κ3) is 4.89. The maximum absolute atomic E-state index is 13.0. The summed E-state index contributed by atoms with van der Waals surface area (Å²) in [5.41, 5.74) is -0.562. The molecule has 0 heterocycles. The molecule has 7 heteroatoms. The summed E-state index contributed by atoms with van der Waals surface area (Å²) in [6, 6.07) is 11.1. The lowest BCUT2D eigenvalue weighted by Gasteiger charge is -2.19. The number of hydrogen-bond donors (Lipinski definition) is 2. The highest BCUT2D eigenvalue weighted by molar-refractivity contribution is 5.97. The van der Waals surface area contributed by atoms with Gasteiger partial charge in [-0.05, 0) is 38.1 Å². The number of anilines is 2. The highest BCUT2D eigenvalue weighted by atomic mass is 19.4. The van der Waals surface area contributed by atoms with Crippen molar-refractivity contribution in [1.82, 2.24) is 0 Å². The van der Waals surface area contributed by atoms with Gasteiger partial charge in [0, 0.05) is 0 Å². The number of para-hydroxylation sites is 3. The number of carbonyl (C=O) groups excluding carboxylic acids is 1. The van der Waals surface area contributed by atoms with Gasteiger partial charge in [-0.3, -0.25) is 4.79 Å². The third-order valence-corrected chi connectivity index (χ3v) is 3.44. The Morgan fingerprint density at radius 3 is 2.32 bits per heavy atom. The largest absolute Gasteiger partial charge is 0.492 e. The van der Waals surface area contributed by atoms with Crippen molar-refractivity contribution in [3.63, 3.8) is 0 Å². The first-order valence-electron chi connectivity index (χ1n) is 7.78. The van der Waals surface area contributed by atoms with Crippen LogP contribution >= 0.6 is 0 Å². The molecule has 1 unspecified atom stereocenters. The first-order chi connectivity index (χ1) is 11.8. The van der Waals surface area contributed by atoms with Gasteiger partial charge in [-0.25, -0.2) is 0 Å². The molecular weight excluding hydrogens is 333 g/mol. The molecule has 4 nitrogen and oxygen atoms in total. The monoisotopic (exact) mass is 352 g/mol. The second kappa shape index (κ2) is 7.92. The van der Waals surface area contributed by atoms with Crippen molar-refractivity contribution in [2.45, 2.75) is 26.1 Å². The van der Waals surface area contributed by atoms with Crippen molar-refractivity contribution < 1.29 is 22.7 Å². The zero-order valence-corrected chi connectivity index (χ0v) is 13.9. The fourth-order valence-electron chi connectivity index (χ4n) is 2.25. The van der Waals surface area contributed by atoms with Gasteiger partial charge >= 0.3 is 6.18 Å². The summed E-state index contributed by atoms with van der Waals surface area (Å²) in [4.78, 5) is 12.3. The molecule has 0 fully saturated rings. The minimum Gasteiger partial charge on any atom is -0.492 e. The minimum absolute atomic E-state index is 0.272. The van der Waals surface area contributed by atoms with E-state index >= 15 is 0 Å². The Hall–Kier alpha value is -2.70. The number of alkyl halides is 3. The standard InChI is InChI=1S/C18H19F3N2O2/c1-3-25-16-11-7-6-10-15(16)22-12(2)17(24)23-14-9-5-4-8-13(14)18(19,20)21/h4-12,22H,3H2,1-2H3,(H,23,24). The van der Waals surface area contributed by atoms with E-state index in [2.05, 4.69) is 10.6 Å². The first-order valence-corrected chi connectivity index (χ1v) is 7.78. The topological polar surface area (TPSA) is 50.4 Å². The van der Waals surface area contributed by atoms with Crippen LogP contribution in [0.5, 0.6) is 5.75 Å². The highest BCUT2D eigenvalue weighted by Gasteiger charge is 2.33. The van der Waals surface area contributed by atoms with Crippen LogP contribution in [0, 0.1) is 0 Å². The summed E-state index contributed by atoms with van der Waals surface area (Å²) >= 11 is 0. The fourth-order valence-corrected chi connectivity index (χ4v) is 2.25. The van der Waals surface area contributed by atoms with Crippen LogP contribution in [0.15, 0.2) is 48.5 Å². The predicted molar refractivity (Wildman–Crippen MR) is 90.8 cm³/mol. The van der Waals surface area contributed by atoms with Gasteiger partial charge in [-0.2, -0.15) is 13.2 Å². The molecule has 2 aromatic rings. The Kier molecular flexibility index (Phi) is 5.90. The zero-order valence-electron chi connectivity index (χ0n) is 13.9. The molecule has 25 heavy (non-hydrogen) atoms. The van der Waals surface area contributed by atoms with Crippen molar-refractivity contribution in [2.75, 3.05) is 17.2 Å². The van der Waals surface area contributed by atoms with Crippen molar-refractivity contribution in [3.05, 3.63) is 54.1 Å². The van der Waals surface area contributed by atoms with Crippen LogP contribution in [-0.4, -0.2) is 18.6 Å². The Bertz CT molecular complexity index is 732. The summed E-state index contributed by atoms with van der Waals surface area (Å²) < 4.78 is 44.5. The summed E-state index contributed by atoms with van der Waals surface area (Å²) in [7, 11) is 0. The van der Waals surface area contributed by atoms with E-state index in [0.29, 0.717) is 18.0 Å². The summed E-state index contributed by atoms with van der Waals surface area (Å²) in [6.45, 7) is 3.85. The summed E-state index contributed by atoms with van der Waals surface area (Å²) in [5, 5.41) is 5.28. The molecule has 0 bridgehead atoms. The van der Waals surface area contributed by atoms with Crippen LogP contribution in [0.3, 0.4) is 0 Å². The maximum Gasteiger partial charge on any atom is 0.418 e. The van der Waals surface area contributed by atoms with E-state index in [1.807, 2.05) is 6.92 Å². The van der Waals surface area contributed by atoms with Gasteiger partial charge in [-0.15, -0.1) is 0 Å². The number of rotatable bonds is 6. The Morgan fingerprint density at radius 1 is 1.08 bits per heavy atom. The van der Waals surface area contributed by atoms with E-state index in [-0.39, 0.29) is 5.69 Å². The Labute approximate surface area is 144 Å².